The summed E-state index contributed by atoms with van der Waals surface area (Å²) >= 11 is 10.2. The highest BCUT2D eigenvalue weighted by molar-refractivity contribution is 9.10. The summed E-state index contributed by atoms with van der Waals surface area (Å²) in [6, 6.07) is 13.3. The number of anilines is 1. The molecular weight excluding hydrogens is 450 g/mol. The van der Waals surface area contributed by atoms with Crippen LogP contribution in [0.4, 0.5) is 5.69 Å². The van der Waals surface area contributed by atoms with Gasteiger partial charge < -0.3 is 14.8 Å². The Hall–Kier alpha value is -1.97. The van der Waals surface area contributed by atoms with Crippen LogP contribution in [0.2, 0.25) is 0 Å². The number of nitrogens with one attached hydrogen (secondary N) is 3. The molecule has 6 nitrogen and oxygen atoms in total. The molecule has 3 N–H and O–H groups in total. The van der Waals surface area contributed by atoms with Crippen molar-refractivity contribution in [1.82, 2.24) is 10.9 Å². The van der Waals surface area contributed by atoms with Crippen LogP contribution in [0.25, 0.3) is 0 Å². The minimum atomic E-state index is -0.163. The molecule has 2 aromatic carbocycles. The Morgan fingerprint density at radius 1 is 1.11 bits per heavy atom. The van der Waals surface area contributed by atoms with Gasteiger partial charge in [0.2, 0.25) is 5.91 Å². The number of thiocarbonyl (C=S) groups is 1. The van der Waals surface area contributed by atoms with E-state index in [2.05, 4.69) is 32.1 Å². The summed E-state index contributed by atoms with van der Waals surface area (Å²) in [7, 11) is 3.13. The zero-order chi connectivity index (χ0) is 19.6. The third-order valence-electron chi connectivity index (χ3n) is 3.41. The minimum absolute atomic E-state index is 0.163. The molecule has 0 aromatic heterocycles. The maximum Gasteiger partial charge on any atom is 0.248 e. The minimum Gasteiger partial charge on any atom is -0.493 e. The van der Waals surface area contributed by atoms with Gasteiger partial charge in [-0.05, 0) is 36.0 Å². The van der Waals surface area contributed by atoms with Gasteiger partial charge in [-0.2, -0.15) is 0 Å². The van der Waals surface area contributed by atoms with E-state index >= 15 is 0 Å². The number of hydrogen-bond donors (Lipinski definition) is 3. The molecule has 0 atom stereocenters. The monoisotopic (exact) mass is 469 g/mol. The Bertz CT molecular complexity index is 805. The SMILES string of the molecule is COc1ccc(NC(=S)NNC(=O)CSCc2ccccc2Br)cc1OC. The Labute approximate surface area is 176 Å². The number of hydrazine groups is 1. The predicted octanol–water partition coefficient (Wildman–Crippen LogP) is 3.72. The first-order valence-corrected chi connectivity index (χ1v) is 10.3. The highest BCUT2D eigenvalue weighted by Gasteiger charge is 2.07. The molecule has 0 fully saturated rings. The molecule has 144 valence electrons. The smallest absolute Gasteiger partial charge is 0.248 e. The van der Waals surface area contributed by atoms with Crippen molar-refractivity contribution in [1.29, 1.82) is 0 Å². The van der Waals surface area contributed by atoms with E-state index in [1.165, 1.54) is 11.8 Å². The molecular formula is C18H20BrN3O3S2. The van der Waals surface area contributed by atoms with Crippen LogP contribution in [0, 0.1) is 0 Å². The van der Waals surface area contributed by atoms with E-state index in [9.17, 15) is 4.79 Å². The van der Waals surface area contributed by atoms with Crippen molar-refractivity contribution in [2.75, 3.05) is 25.3 Å². The number of benzene rings is 2. The van der Waals surface area contributed by atoms with Crippen molar-refractivity contribution in [3.8, 4) is 11.5 Å². The summed E-state index contributed by atoms with van der Waals surface area (Å²) in [5.74, 6) is 2.09. The summed E-state index contributed by atoms with van der Waals surface area (Å²) in [6.07, 6.45) is 0. The van der Waals surface area contributed by atoms with Crippen molar-refractivity contribution in [3.05, 3.63) is 52.5 Å². The first-order valence-electron chi connectivity index (χ1n) is 7.92. The lowest BCUT2D eigenvalue weighted by atomic mass is 10.2. The second kappa shape index (κ2) is 11.0. The van der Waals surface area contributed by atoms with E-state index in [-0.39, 0.29) is 11.0 Å². The third kappa shape index (κ3) is 6.93. The molecule has 0 radical (unpaired) electrons. The van der Waals surface area contributed by atoms with Crippen LogP contribution < -0.4 is 25.6 Å². The van der Waals surface area contributed by atoms with Crippen LogP contribution >= 0.6 is 39.9 Å². The molecule has 0 heterocycles. The second-order valence-corrected chi connectivity index (χ2v) is 7.53. The van der Waals surface area contributed by atoms with Crippen LogP contribution in [0.5, 0.6) is 11.5 Å². The number of hydrogen-bond acceptors (Lipinski definition) is 5. The van der Waals surface area contributed by atoms with Crippen LogP contribution in [-0.2, 0) is 10.5 Å². The average Bonchev–Trinajstić information content (AvgIpc) is 2.67. The molecule has 1 amide bonds. The summed E-state index contributed by atoms with van der Waals surface area (Å²) in [5.41, 5.74) is 7.11. The molecule has 0 saturated carbocycles. The standard InChI is InChI=1S/C18H20BrN3O3S2/c1-24-15-8-7-13(9-16(15)25-2)20-18(26)22-21-17(23)11-27-10-12-5-3-4-6-14(12)19/h3-9H,10-11H2,1-2H3,(H,21,23)(H2,20,22,26). The van der Waals surface area contributed by atoms with Gasteiger partial charge in [-0.3, -0.25) is 15.6 Å². The second-order valence-electron chi connectivity index (χ2n) is 5.28. The van der Waals surface area contributed by atoms with Crippen molar-refractivity contribution in [2.45, 2.75) is 5.75 Å². The topological polar surface area (TPSA) is 71.6 Å². The van der Waals surface area contributed by atoms with Gasteiger partial charge in [0.05, 0.1) is 20.0 Å². The molecule has 0 aliphatic carbocycles. The van der Waals surface area contributed by atoms with Gasteiger partial charge in [0.1, 0.15) is 0 Å². The van der Waals surface area contributed by atoms with Crippen molar-refractivity contribution >= 4 is 56.6 Å². The van der Waals surface area contributed by atoms with Gasteiger partial charge >= 0.3 is 0 Å². The van der Waals surface area contributed by atoms with Crippen LogP contribution in [0.15, 0.2) is 46.9 Å². The zero-order valence-corrected chi connectivity index (χ0v) is 18.1. The van der Waals surface area contributed by atoms with Crippen LogP contribution in [0.3, 0.4) is 0 Å². The number of ether oxygens (including phenoxy) is 2. The Kier molecular flexibility index (Phi) is 8.70. The Morgan fingerprint density at radius 3 is 2.56 bits per heavy atom. The van der Waals surface area contributed by atoms with Gasteiger partial charge in [-0.15, -0.1) is 11.8 Å². The normalized spacial score (nSPS) is 10.0. The number of carbonyl (C=O) groups is 1. The van der Waals surface area contributed by atoms with E-state index in [0.717, 1.165) is 15.8 Å². The molecule has 9 heteroatoms. The van der Waals surface area contributed by atoms with Gasteiger partial charge in [-0.1, -0.05) is 34.1 Å². The molecule has 0 aliphatic heterocycles. The Balaban J connectivity index is 1.73. The first-order chi connectivity index (χ1) is 13.0. The van der Waals surface area contributed by atoms with Crippen LogP contribution in [-0.4, -0.2) is 31.0 Å². The van der Waals surface area contributed by atoms with Gasteiger partial charge in [0.25, 0.3) is 0 Å². The predicted molar refractivity (Wildman–Crippen MR) is 117 cm³/mol. The van der Waals surface area contributed by atoms with Gasteiger partial charge in [-0.25, -0.2) is 0 Å². The number of rotatable bonds is 7. The average molecular weight is 470 g/mol. The van der Waals surface area contributed by atoms with Gasteiger partial charge in [0.15, 0.2) is 16.6 Å². The van der Waals surface area contributed by atoms with E-state index in [4.69, 9.17) is 21.7 Å². The highest BCUT2D eigenvalue weighted by atomic mass is 79.9. The van der Waals surface area contributed by atoms with E-state index in [1.807, 2.05) is 24.3 Å². The van der Waals surface area contributed by atoms with Crippen LogP contribution in [0.1, 0.15) is 5.56 Å². The summed E-state index contributed by atoms with van der Waals surface area (Å²) < 4.78 is 11.5. The Morgan fingerprint density at radius 2 is 1.85 bits per heavy atom. The molecule has 0 spiro atoms. The molecule has 27 heavy (non-hydrogen) atoms. The molecule has 2 rings (SSSR count). The molecule has 0 unspecified atom stereocenters. The van der Waals surface area contributed by atoms with E-state index in [0.29, 0.717) is 22.9 Å². The molecule has 0 saturated heterocycles. The molecule has 0 bridgehead atoms. The van der Waals surface area contributed by atoms with Gasteiger partial charge in [0, 0.05) is 22.0 Å². The summed E-state index contributed by atoms with van der Waals surface area (Å²) in [5, 5.41) is 3.24. The quantitative estimate of drug-likeness (QED) is 0.421. The molecule has 2 aromatic rings. The number of thioether (sulfide) groups is 1. The zero-order valence-electron chi connectivity index (χ0n) is 14.9. The number of carbonyl (C=O) groups excluding carboxylic acids is 1. The maximum absolute atomic E-state index is 11.9. The largest absolute Gasteiger partial charge is 0.493 e. The summed E-state index contributed by atoms with van der Waals surface area (Å²) in [4.78, 5) is 11.9. The third-order valence-corrected chi connectivity index (χ3v) is 5.36. The van der Waals surface area contributed by atoms with E-state index in [1.54, 1.807) is 32.4 Å². The lowest BCUT2D eigenvalue weighted by Gasteiger charge is -2.13. The number of methoxy groups -OCH3 is 2. The highest BCUT2D eigenvalue weighted by Crippen LogP contribution is 2.29. The fraction of sp³-hybridized carbons (Fsp3) is 0.222. The van der Waals surface area contributed by atoms with E-state index < -0.39 is 0 Å². The van der Waals surface area contributed by atoms with Crippen molar-refractivity contribution in [2.24, 2.45) is 0 Å². The first kappa shape index (κ1) is 21.3. The van der Waals surface area contributed by atoms with Crippen molar-refractivity contribution in [3.63, 3.8) is 0 Å². The maximum atomic E-state index is 11.9. The fourth-order valence-electron chi connectivity index (χ4n) is 2.11. The molecule has 0 aliphatic rings. The number of halogens is 1. The lowest BCUT2D eigenvalue weighted by Crippen LogP contribution is -2.44. The number of amides is 1. The fourth-order valence-corrected chi connectivity index (χ4v) is 3.72. The van der Waals surface area contributed by atoms with Crippen molar-refractivity contribution < 1.29 is 14.3 Å². The summed E-state index contributed by atoms with van der Waals surface area (Å²) in [6.45, 7) is 0. The lowest BCUT2D eigenvalue weighted by molar-refractivity contribution is -0.119.